The van der Waals surface area contributed by atoms with Crippen LogP contribution in [0.4, 0.5) is 11.4 Å². The highest BCUT2D eigenvalue weighted by molar-refractivity contribution is 8.25. The lowest BCUT2D eigenvalue weighted by Gasteiger charge is -2.16. The van der Waals surface area contributed by atoms with Crippen molar-refractivity contribution in [1.29, 1.82) is 0 Å². The summed E-state index contributed by atoms with van der Waals surface area (Å²) in [6.45, 7) is 5.14. The zero-order chi connectivity index (χ0) is 17.8. The molecule has 2 aromatic rings. The van der Waals surface area contributed by atoms with Gasteiger partial charge >= 0.3 is 0 Å². The van der Waals surface area contributed by atoms with Gasteiger partial charge in [0.25, 0.3) is 0 Å². The molecule has 3 rings (SSSR count). The first-order chi connectivity index (χ1) is 12.1. The number of thiocarbonyl (C=S) groups is 1. The number of carbonyl (C=O) groups is 1. The SMILES string of the molecule is CCOc1ccc(N2C(=O)C(CNc3cccc(C)c3)SC2=S)cc1. The van der Waals surface area contributed by atoms with Gasteiger partial charge in [-0.1, -0.05) is 36.1 Å². The van der Waals surface area contributed by atoms with Gasteiger partial charge in [0, 0.05) is 12.2 Å². The zero-order valence-corrected chi connectivity index (χ0v) is 15.8. The molecular formula is C19H20N2O2S2. The van der Waals surface area contributed by atoms with Crippen molar-refractivity contribution in [1.82, 2.24) is 0 Å². The molecule has 25 heavy (non-hydrogen) atoms. The summed E-state index contributed by atoms with van der Waals surface area (Å²) in [4.78, 5) is 14.4. The highest BCUT2D eigenvalue weighted by Crippen LogP contribution is 2.33. The molecule has 0 bridgehead atoms. The van der Waals surface area contributed by atoms with Gasteiger partial charge in [0.1, 0.15) is 15.3 Å². The molecule has 130 valence electrons. The van der Waals surface area contributed by atoms with E-state index in [4.69, 9.17) is 17.0 Å². The molecular weight excluding hydrogens is 352 g/mol. The van der Waals surface area contributed by atoms with E-state index in [0.717, 1.165) is 17.1 Å². The van der Waals surface area contributed by atoms with E-state index >= 15 is 0 Å². The first-order valence-corrected chi connectivity index (χ1v) is 9.45. The molecule has 0 saturated carbocycles. The van der Waals surface area contributed by atoms with Crippen molar-refractivity contribution >= 4 is 45.6 Å². The topological polar surface area (TPSA) is 41.6 Å². The Morgan fingerprint density at radius 1 is 1.24 bits per heavy atom. The first-order valence-electron chi connectivity index (χ1n) is 8.16. The van der Waals surface area contributed by atoms with Crippen LogP contribution in [-0.4, -0.2) is 28.6 Å². The second-order valence-corrected chi connectivity index (χ2v) is 7.56. The predicted molar refractivity (Wildman–Crippen MR) is 109 cm³/mol. The average molecular weight is 373 g/mol. The van der Waals surface area contributed by atoms with Gasteiger partial charge in [0.15, 0.2) is 0 Å². The molecule has 1 fully saturated rings. The lowest BCUT2D eigenvalue weighted by atomic mass is 10.2. The molecule has 1 saturated heterocycles. The van der Waals surface area contributed by atoms with Gasteiger partial charge in [-0.05, 0) is 55.8 Å². The fraction of sp³-hybridized carbons (Fsp3) is 0.263. The predicted octanol–water partition coefficient (Wildman–Crippen LogP) is 4.24. The van der Waals surface area contributed by atoms with Crippen LogP contribution in [0.1, 0.15) is 12.5 Å². The van der Waals surface area contributed by atoms with E-state index < -0.39 is 0 Å². The van der Waals surface area contributed by atoms with E-state index in [1.54, 1.807) is 4.90 Å². The number of benzene rings is 2. The van der Waals surface area contributed by atoms with Gasteiger partial charge in [-0.3, -0.25) is 9.69 Å². The Balaban J connectivity index is 1.67. The number of amides is 1. The zero-order valence-electron chi connectivity index (χ0n) is 14.2. The first kappa shape index (κ1) is 17.8. The van der Waals surface area contributed by atoms with E-state index in [2.05, 4.69) is 11.4 Å². The van der Waals surface area contributed by atoms with Crippen molar-refractivity contribution in [2.75, 3.05) is 23.4 Å². The molecule has 0 radical (unpaired) electrons. The minimum Gasteiger partial charge on any atom is -0.494 e. The van der Waals surface area contributed by atoms with Crippen LogP contribution in [0.5, 0.6) is 5.75 Å². The van der Waals surface area contributed by atoms with Gasteiger partial charge in [-0.2, -0.15) is 0 Å². The van der Waals surface area contributed by atoms with Crippen molar-refractivity contribution < 1.29 is 9.53 Å². The van der Waals surface area contributed by atoms with Gasteiger partial charge in [0.05, 0.1) is 12.3 Å². The highest BCUT2D eigenvalue weighted by atomic mass is 32.2. The van der Waals surface area contributed by atoms with Gasteiger partial charge < -0.3 is 10.1 Å². The molecule has 4 nitrogen and oxygen atoms in total. The summed E-state index contributed by atoms with van der Waals surface area (Å²) in [7, 11) is 0. The van der Waals surface area contributed by atoms with E-state index in [-0.39, 0.29) is 11.2 Å². The minimum absolute atomic E-state index is 0.0133. The standard InChI is InChI=1S/C19H20N2O2S2/c1-3-23-16-9-7-15(8-10-16)21-18(22)17(25-19(21)24)12-20-14-6-4-5-13(2)11-14/h4-11,17,20H,3,12H2,1-2H3. The summed E-state index contributed by atoms with van der Waals surface area (Å²) in [6, 6.07) is 15.6. The third kappa shape index (κ3) is 4.14. The highest BCUT2D eigenvalue weighted by Gasteiger charge is 2.37. The molecule has 1 amide bonds. The quantitative estimate of drug-likeness (QED) is 0.768. The molecule has 2 aromatic carbocycles. The molecule has 1 aliphatic heterocycles. The Bertz CT molecular complexity index is 777. The third-order valence-electron chi connectivity index (χ3n) is 3.84. The smallest absolute Gasteiger partial charge is 0.247 e. The van der Waals surface area contributed by atoms with Crippen LogP contribution in [0, 0.1) is 6.92 Å². The van der Waals surface area contributed by atoms with Gasteiger partial charge in [-0.15, -0.1) is 0 Å². The average Bonchev–Trinajstić information content (AvgIpc) is 2.88. The summed E-state index contributed by atoms with van der Waals surface area (Å²) >= 11 is 6.85. The molecule has 0 aliphatic carbocycles. The summed E-state index contributed by atoms with van der Waals surface area (Å²) in [5, 5.41) is 3.11. The number of thioether (sulfide) groups is 1. The Morgan fingerprint density at radius 3 is 2.68 bits per heavy atom. The normalized spacial score (nSPS) is 17.0. The Hall–Kier alpha value is -2.05. The van der Waals surface area contributed by atoms with Crippen LogP contribution in [0.2, 0.25) is 0 Å². The molecule has 1 atom stereocenters. The summed E-state index contributed by atoms with van der Waals surface area (Å²) in [5.74, 6) is 0.799. The Kier molecular flexibility index (Phi) is 5.60. The van der Waals surface area contributed by atoms with Crippen molar-refractivity contribution in [2.45, 2.75) is 19.1 Å². The largest absolute Gasteiger partial charge is 0.494 e. The Morgan fingerprint density at radius 2 is 2.00 bits per heavy atom. The maximum absolute atomic E-state index is 12.8. The van der Waals surface area contributed by atoms with Crippen molar-refractivity contribution in [3.63, 3.8) is 0 Å². The lowest BCUT2D eigenvalue weighted by Crippen LogP contribution is -2.33. The van der Waals surface area contributed by atoms with E-state index in [1.165, 1.54) is 17.3 Å². The van der Waals surface area contributed by atoms with Crippen LogP contribution >= 0.6 is 24.0 Å². The number of ether oxygens (including phenoxy) is 1. The number of carbonyl (C=O) groups excluding carboxylic acids is 1. The van der Waals surface area contributed by atoms with Crippen molar-refractivity contribution in [3.8, 4) is 5.75 Å². The molecule has 0 aromatic heterocycles. The fourth-order valence-corrected chi connectivity index (χ4v) is 4.10. The van der Waals surface area contributed by atoms with E-state index in [1.807, 2.05) is 56.3 Å². The maximum Gasteiger partial charge on any atom is 0.247 e. The van der Waals surface area contributed by atoms with Crippen LogP contribution in [0.25, 0.3) is 0 Å². The number of hydrogen-bond acceptors (Lipinski definition) is 5. The van der Waals surface area contributed by atoms with Gasteiger partial charge in [0.2, 0.25) is 5.91 Å². The third-order valence-corrected chi connectivity index (χ3v) is 5.35. The van der Waals surface area contributed by atoms with Crippen molar-refractivity contribution in [2.24, 2.45) is 0 Å². The summed E-state index contributed by atoms with van der Waals surface area (Å²) in [5.41, 5.74) is 2.98. The Labute approximate surface area is 157 Å². The lowest BCUT2D eigenvalue weighted by molar-refractivity contribution is -0.116. The molecule has 1 heterocycles. The second kappa shape index (κ2) is 7.89. The number of hydrogen-bond donors (Lipinski definition) is 1. The number of nitrogens with zero attached hydrogens (tertiary/aromatic N) is 1. The molecule has 6 heteroatoms. The van der Waals surface area contributed by atoms with Crippen LogP contribution < -0.4 is 15.0 Å². The van der Waals surface area contributed by atoms with E-state index in [0.29, 0.717) is 17.5 Å². The molecule has 1 aliphatic rings. The van der Waals surface area contributed by atoms with Crippen molar-refractivity contribution in [3.05, 3.63) is 54.1 Å². The molecule has 1 N–H and O–H groups in total. The second-order valence-electron chi connectivity index (χ2n) is 5.72. The van der Waals surface area contributed by atoms with E-state index in [9.17, 15) is 4.79 Å². The number of nitrogens with one attached hydrogen (secondary N) is 1. The summed E-state index contributed by atoms with van der Waals surface area (Å²) in [6.07, 6.45) is 0. The van der Waals surface area contributed by atoms with Crippen LogP contribution in [0.3, 0.4) is 0 Å². The number of aryl methyl sites for hydroxylation is 1. The number of rotatable bonds is 6. The number of anilines is 2. The fourth-order valence-electron chi connectivity index (χ4n) is 2.64. The van der Waals surface area contributed by atoms with Crippen LogP contribution in [-0.2, 0) is 4.79 Å². The van der Waals surface area contributed by atoms with Crippen LogP contribution in [0.15, 0.2) is 48.5 Å². The molecule has 0 spiro atoms. The van der Waals surface area contributed by atoms with Gasteiger partial charge in [-0.25, -0.2) is 0 Å². The summed E-state index contributed by atoms with van der Waals surface area (Å²) < 4.78 is 6.03. The maximum atomic E-state index is 12.8. The minimum atomic E-state index is -0.223. The monoisotopic (exact) mass is 372 g/mol. The molecule has 1 unspecified atom stereocenters.